The summed E-state index contributed by atoms with van der Waals surface area (Å²) in [5, 5.41) is 8.63. The molecule has 6 heteroatoms. The number of amides is 1. The van der Waals surface area contributed by atoms with Crippen molar-refractivity contribution in [3.05, 3.63) is 63.6 Å². The average molecular weight is 377 g/mol. The van der Waals surface area contributed by atoms with Crippen molar-refractivity contribution in [1.82, 2.24) is 10.5 Å². The molecule has 3 aromatic rings. The number of carbonyl (C=O) groups is 1. The molecule has 0 spiro atoms. The fraction of sp³-hybridized carbons (Fsp3) is 0.125. The van der Waals surface area contributed by atoms with Crippen LogP contribution in [0.3, 0.4) is 0 Å². The van der Waals surface area contributed by atoms with E-state index < -0.39 is 0 Å². The van der Waals surface area contributed by atoms with Crippen LogP contribution in [0, 0.1) is 0 Å². The summed E-state index contributed by atoms with van der Waals surface area (Å²) < 4.78 is 6.24. The summed E-state index contributed by atoms with van der Waals surface area (Å²) in [7, 11) is 0. The number of hydrogen-bond acceptors (Lipinski definition) is 4. The molecule has 2 aromatic heterocycles. The first-order valence-corrected chi connectivity index (χ1v) is 8.43. The summed E-state index contributed by atoms with van der Waals surface area (Å²) in [6, 6.07) is 13.6. The highest BCUT2D eigenvalue weighted by Gasteiger charge is 2.13. The van der Waals surface area contributed by atoms with Gasteiger partial charge in [0.15, 0.2) is 11.5 Å². The molecule has 2 heterocycles. The number of hydrogen-bond donors (Lipinski definition) is 1. The smallest absolute Gasteiger partial charge is 0.273 e. The van der Waals surface area contributed by atoms with E-state index >= 15 is 0 Å². The van der Waals surface area contributed by atoms with Crippen molar-refractivity contribution in [2.24, 2.45) is 0 Å². The van der Waals surface area contributed by atoms with Gasteiger partial charge in [0.25, 0.3) is 5.91 Å². The highest BCUT2D eigenvalue weighted by atomic mass is 79.9. The number of aromatic nitrogens is 1. The molecule has 3 rings (SSSR count). The minimum atomic E-state index is -0.221. The number of thiophene rings is 1. The molecule has 0 aliphatic heterocycles. The first-order chi connectivity index (χ1) is 10.7. The Hall–Kier alpha value is -1.92. The Morgan fingerprint density at radius 1 is 1.27 bits per heavy atom. The zero-order valence-electron chi connectivity index (χ0n) is 11.6. The lowest BCUT2D eigenvalue weighted by Gasteiger charge is -2.03. The lowest BCUT2D eigenvalue weighted by atomic mass is 10.1. The van der Waals surface area contributed by atoms with E-state index in [1.807, 2.05) is 41.8 Å². The third-order valence-corrected chi connectivity index (χ3v) is 4.47. The summed E-state index contributed by atoms with van der Waals surface area (Å²) in [5.74, 6) is 0.397. The summed E-state index contributed by atoms with van der Waals surface area (Å²) in [6.07, 6.45) is 0.765. The van der Waals surface area contributed by atoms with E-state index in [1.54, 1.807) is 17.4 Å². The zero-order valence-corrected chi connectivity index (χ0v) is 14.0. The van der Waals surface area contributed by atoms with Crippen molar-refractivity contribution in [2.45, 2.75) is 6.42 Å². The van der Waals surface area contributed by atoms with Crippen LogP contribution >= 0.6 is 27.3 Å². The molecule has 1 aromatic carbocycles. The normalized spacial score (nSPS) is 10.6. The summed E-state index contributed by atoms with van der Waals surface area (Å²) >= 11 is 4.98. The maximum Gasteiger partial charge on any atom is 0.273 e. The van der Waals surface area contributed by atoms with Gasteiger partial charge in [-0.1, -0.05) is 39.3 Å². The third kappa shape index (κ3) is 3.64. The number of nitrogens with zero attached hydrogens (tertiary/aromatic N) is 1. The first-order valence-electron chi connectivity index (χ1n) is 6.75. The largest absolute Gasteiger partial charge is 0.355 e. The quantitative estimate of drug-likeness (QED) is 0.727. The maximum atomic E-state index is 12.0. The van der Waals surface area contributed by atoms with Gasteiger partial charge in [0.05, 0.1) is 4.88 Å². The van der Waals surface area contributed by atoms with Gasteiger partial charge in [0.2, 0.25) is 0 Å². The summed E-state index contributed by atoms with van der Waals surface area (Å²) in [6.45, 7) is 0.552. The van der Waals surface area contributed by atoms with E-state index in [4.69, 9.17) is 4.52 Å². The van der Waals surface area contributed by atoms with Crippen molar-refractivity contribution in [3.63, 3.8) is 0 Å². The molecular weight excluding hydrogens is 364 g/mol. The van der Waals surface area contributed by atoms with Gasteiger partial charge in [-0.05, 0) is 35.6 Å². The van der Waals surface area contributed by atoms with Crippen LogP contribution in [-0.2, 0) is 6.42 Å². The second kappa shape index (κ2) is 6.89. The number of carbonyl (C=O) groups excluding carboxylic acids is 1. The second-order valence-electron chi connectivity index (χ2n) is 4.69. The van der Waals surface area contributed by atoms with Gasteiger partial charge in [-0.15, -0.1) is 11.3 Å². The van der Waals surface area contributed by atoms with Gasteiger partial charge < -0.3 is 9.84 Å². The van der Waals surface area contributed by atoms with Gasteiger partial charge in [0.1, 0.15) is 0 Å². The Morgan fingerprint density at radius 3 is 2.95 bits per heavy atom. The summed E-state index contributed by atoms with van der Waals surface area (Å²) in [4.78, 5) is 13.0. The van der Waals surface area contributed by atoms with E-state index in [2.05, 4.69) is 26.4 Å². The molecule has 0 atom stereocenters. The lowest BCUT2D eigenvalue weighted by molar-refractivity contribution is 0.0945. The molecule has 0 bridgehead atoms. The van der Waals surface area contributed by atoms with Crippen LogP contribution in [0.25, 0.3) is 10.6 Å². The average Bonchev–Trinajstić information content (AvgIpc) is 3.18. The molecule has 4 nitrogen and oxygen atoms in total. The fourth-order valence-corrected chi connectivity index (χ4v) is 3.14. The van der Waals surface area contributed by atoms with Crippen LogP contribution in [0.5, 0.6) is 0 Å². The van der Waals surface area contributed by atoms with Crippen LogP contribution in [-0.4, -0.2) is 17.6 Å². The van der Waals surface area contributed by atoms with E-state index in [1.165, 1.54) is 0 Å². The Morgan fingerprint density at radius 2 is 2.18 bits per heavy atom. The van der Waals surface area contributed by atoms with Gasteiger partial charge >= 0.3 is 0 Å². The van der Waals surface area contributed by atoms with Crippen LogP contribution < -0.4 is 5.32 Å². The number of benzene rings is 1. The van der Waals surface area contributed by atoms with Crippen molar-refractivity contribution in [3.8, 4) is 10.6 Å². The van der Waals surface area contributed by atoms with Crippen LogP contribution in [0.2, 0.25) is 0 Å². The van der Waals surface area contributed by atoms with Crippen LogP contribution in [0.15, 0.2) is 56.8 Å². The second-order valence-corrected chi connectivity index (χ2v) is 6.55. The summed E-state index contributed by atoms with van der Waals surface area (Å²) in [5.41, 5.74) is 1.46. The number of nitrogens with one attached hydrogen (secondary N) is 1. The van der Waals surface area contributed by atoms with Crippen molar-refractivity contribution in [1.29, 1.82) is 0 Å². The Kier molecular flexibility index (Phi) is 4.70. The predicted molar refractivity (Wildman–Crippen MR) is 90.0 cm³/mol. The molecule has 0 fully saturated rings. The third-order valence-electron chi connectivity index (χ3n) is 3.10. The molecule has 1 amide bonds. The lowest BCUT2D eigenvalue weighted by Crippen LogP contribution is -2.25. The molecular formula is C16H13BrN2O2S. The highest BCUT2D eigenvalue weighted by molar-refractivity contribution is 9.10. The SMILES string of the molecule is O=C(NCCc1cccc(Br)c1)c1cc(-c2cccs2)on1. The first kappa shape index (κ1) is 15.0. The van der Waals surface area contributed by atoms with Crippen molar-refractivity contribution in [2.75, 3.05) is 6.54 Å². The van der Waals surface area contributed by atoms with E-state index in [-0.39, 0.29) is 5.91 Å². The fourth-order valence-electron chi connectivity index (χ4n) is 2.02. The molecule has 0 radical (unpaired) electrons. The van der Waals surface area contributed by atoms with E-state index in [0.29, 0.717) is 18.0 Å². The van der Waals surface area contributed by atoms with Gasteiger partial charge in [-0.25, -0.2) is 0 Å². The van der Waals surface area contributed by atoms with Crippen LogP contribution in [0.1, 0.15) is 16.1 Å². The predicted octanol–water partition coefficient (Wildman–Crippen LogP) is 4.14. The maximum absolute atomic E-state index is 12.0. The van der Waals surface area contributed by atoms with Crippen molar-refractivity contribution >= 4 is 33.2 Å². The minimum absolute atomic E-state index is 0.221. The molecule has 1 N–H and O–H groups in total. The highest BCUT2D eigenvalue weighted by Crippen LogP contribution is 2.25. The van der Waals surface area contributed by atoms with E-state index in [0.717, 1.165) is 21.3 Å². The Labute approximate surface area is 140 Å². The molecule has 0 aliphatic rings. The molecule has 0 aliphatic carbocycles. The van der Waals surface area contributed by atoms with Crippen molar-refractivity contribution < 1.29 is 9.32 Å². The molecule has 0 unspecified atom stereocenters. The number of rotatable bonds is 5. The number of halogens is 1. The van der Waals surface area contributed by atoms with Gasteiger partial charge in [0, 0.05) is 17.1 Å². The monoisotopic (exact) mass is 376 g/mol. The molecule has 0 saturated carbocycles. The topological polar surface area (TPSA) is 55.1 Å². The minimum Gasteiger partial charge on any atom is -0.355 e. The molecule has 112 valence electrons. The Bertz CT molecular complexity index is 768. The Balaban J connectivity index is 1.56. The van der Waals surface area contributed by atoms with Crippen LogP contribution in [0.4, 0.5) is 0 Å². The van der Waals surface area contributed by atoms with Gasteiger partial charge in [-0.2, -0.15) is 0 Å². The van der Waals surface area contributed by atoms with E-state index in [9.17, 15) is 4.79 Å². The standard InChI is InChI=1S/C16H13BrN2O2S/c17-12-4-1-3-11(9-12)6-7-18-16(20)13-10-14(21-19-13)15-5-2-8-22-15/h1-5,8-10H,6-7H2,(H,18,20). The molecule has 22 heavy (non-hydrogen) atoms. The van der Waals surface area contributed by atoms with Gasteiger partial charge in [-0.3, -0.25) is 4.79 Å². The molecule has 0 saturated heterocycles. The zero-order chi connectivity index (χ0) is 15.4.